The van der Waals surface area contributed by atoms with E-state index < -0.39 is 0 Å². The molecule has 3 aromatic heterocycles. The van der Waals surface area contributed by atoms with Gasteiger partial charge in [-0.3, -0.25) is 14.0 Å². The van der Waals surface area contributed by atoms with Crippen molar-refractivity contribution in [1.29, 1.82) is 0 Å². The summed E-state index contributed by atoms with van der Waals surface area (Å²) in [6.45, 7) is 3.22. The second-order valence-electron chi connectivity index (χ2n) is 7.67. The lowest BCUT2D eigenvalue weighted by molar-refractivity contribution is -0.122. The molecule has 3 aromatic rings. The third-order valence-corrected chi connectivity index (χ3v) is 6.60. The van der Waals surface area contributed by atoms with Crippen molar-refractivity contribution in [3.05, 3.63) is 33.7 Å². The quantitative estimate of drug-likeness (QED) is 0.689. The molecule has 1 saturated carbocycles. The Bertz CT molecular complexity index is 1040. The summed E-state index contributed by atoms with van der Waals surface area (Å²) in [5, 5.41) is 9.29. The van der Waals surface area contributed by atoms with Gasteiger partial charge >= 0.3 is 0 Å². The van der Waals surface area contributed by atoms with Crippen LogP contribution in [0.1, 0.15) is 37.9 Å². The third-order valence-electron chi connectivity index (χ3n) is 5.74. The lowest BCUT2D eigenvalue weighted by Crippen LogP contribution is -2.41. The summed E-state index contributed by atoms with van der Waals surface area (Å²) in [5.41, 5.74) is 1.33. The first kappa shape index (κ1) is 19.1. The number of amides is 1. The molecule has 1 amide bonds. The van der Waals surface area contributed by atoms with E-state index in [4.69, 9.17) is 0 Å². The zero-order valence-corrected chi connectivity index (χ0v) is 17.3. The van der Waals surface area contributed by atoms with E-state index >= 15 is 0 Å². The fourth-order valence-corrected chi connectivity index (χ4v) is 5.01. The van der Waals surface area contributed by atoms with Crippen molar-refractivity contribution in [3.63, 3.8) is 0 Å². The SMILES string of the molecule is Cc1nn(CC(=O)NCCN(C)C2CCCCC2)c(=O)c2cc3sccc3n12. The van der Waals surface area contributed by atoms with Gasteiger partial charge in [-0.25, -0.2) is 4.68 Å². The first-order chi connectivity index (χ1) is 13.5. The largest absolute Gasteiger partial charge is 0.353 e. The van der Waals surface area contributed by atoms with Crippen LogP contribution in [0.2, 0.25) is 0 Å². The van der Waals surface area contributed by atoms with Crippen LogP contribution in [0.3, 0.4) is 0 Å². The van der Waals surface area contributed by atoms with Crippen molar-refractivity contribution >= 4 is 33.0 Å². The number of rotatable bonds is 6. The number of aryl methyl sites for hydroxylation is 1. The number of carbonyl (C=O) groups excluding carboxylic acids is 1. The molecule has 3 heterocycles. The number of likely N-dealkylation sites (N-methyl/N-ethyl adjacent to an activating group) is 1. The molecule has 8 heteroatoms. The normalized spacial score (nSPS) is 15.7. The van der Waals surface area contributed by atoms with E-state index in [1.54, 1.807) is 11.3 Å². The van der Waals surface area contributed by atoms with Gasteiger partial charge in [0.05, 0.1) is 10.2 Å². The first-order valence-corrected chi connectivity index (χ1v) is 10.9. The van der Waals surface area contributed by atoms with Gasteiger partial charge in [-0.15, -0.1) is 11.3 Å². The Hall–Kier alpha value is -2.19. The Balaban J connectivity index is 1.39. The maximum atomic E-state index is 12.8. The van der Waals surface area contributed by atoms with E-state index in [0.717, 1.165) is 16.8 Å². The number of nitrogens with zero attached hydrogens (tertiary/aromatic N) is 4. The molecule has 0 spiro atoms. The maximum absolute atomic E-state index is 12.8. The van der Waals surface area contributed by atoms with Crippen LogP contribution in [0.4, 0.5) is 0 Å². The number of hydrogen-bond acceptors (Lipinski definition) is 5. The monoisotopic (exact) mass is 401 g/mol. The van der Waals surface area contributed by atoms with Gasteiger partial charge in [-0.05, 0) is 44.3 Å². The molecule has 1 aliphatic carbocycles. The molecular formula is C20H27N5O2S. The molecule has 0 aliphatic heterocycles. The van der Waals surface area contributed by atoms with Crippen molar-refractivity contribution in [2.24, 2.45) is 0 Å². The molecule has 0 radical (unpaired) electrons. The molecule has 150 valence electrons. The second-order valence-corrected chi connectivity index (χ2v) is 8.62. The van der Waals surface area contributed by atoms with Crippen LogP contribution >= 0.6 is 11.3 Å². The molecular weight excluding hydrogens is 374 g/mol. The number of hydrogen-bond donors (Lipinski definition) is 1. The minimum Gasteiger partial charge on any atom is -0.353 e. The van der Waals surface area contributed by atoms with Gasteiger partial charge in [0.15, 0.2) is 0 Å². The highest BCUT2D eigenvalue weighted by molar-refractivity contribution is 7.17. The first-order valence-electron chi connectivity index (χ1n) is 9.98. The van der Waals surface area contributed by atoms with Gasteiger partial charge < -0.3 is 10.2 Å². The summed E-state index contributed by atoms with van der Waals surface area (Å²) >= 11 is 1.59. The van der Waals surface area contributed by atoms with Crippen molar-refractivity contribution < 1.29 is 4.79 Å². The second kappa shape index (κ2) is 8.05. The zero-order chi connectivity index (χ0) is 19.7. The average Bonchev–Trinajstić information content (AvgIpc) is 3.28. The van der Waals surface area contributed by atoms with Gasteiger partial charge in [0.25, 0.3) is 5.56 Å². The molecule has 1 aliphatic rings. The summed E-state index contributed by atoms with van der Waals surface area (Å²) in [6, 6.07) is 4.49. The molecule has 0 bridgehead atoms. The third kappa shape index (κ3) is 3.71. The van der Waals surface area contributed by atoms with Crippen molar-refractivity contribution in [1.82, 2.24) is 24.4 Å². The fourth-order valence-electron chi connectivity index (χ4n) is 4.20. The van der Waals surface area contributed by atoms with Crippen LogP contribution in [0.25, 0.3) is 15.7 Å². The molecule has 28 heavy (non-hydrogen) atoms. The highest BCUT2D eigenvalue weighted by Crippen LogP contribution is 2.24. The number of nitrogens with one attached hydrogen (secondary N) is 1. The number of aromatic nitrogens is 3. The summed E-state index contributed by atoms with van der Waals surface area (Å²) in [6.07, 6.45) is 6.44. The lowest BCUT2D eigenvalue weighted by Gasteiger charge is -2.31. The lowest BCUT2D eigenvalue weighted by atomic mass is 9.94. The van der Waals surface area contributed by atoms with E-state index in [1.807, 2.05) is 28.8 Å². The van der Waals surface area contributed by atoms with E-state index in [-0.39, 0.29) is 18.0 Å². The van der Waals surface area contributed by atoms with Crippen LogP contribution in [0.5, 0.6) is 0 Å². The predicted molar refractivity (Wildman–Crippen MR) is 112 cm³/mol. The highest BCUT2D eigenvalue weighted by atomic mass is 32.1. The smallest absolute Gasteiger partial charge is 0.291 e. The molecule has 1 fully saturated rings. The van der Waals surface area contributed by atoms with E-state index in [2.05, 4.69) is 22.4 Å². The summed E-state index contributed by atoms with van der Waals surface area (Å²) < 4.78 is 4.19. The van der Waals surface area contributed by atoms with Gasteiger partial charge in [0.1, 0.15) is 17.9 Å². The number of fused-ring (bicyclic) bond motifs is 3. The van der Waals surface area contributed by atoms with Crippen LogP contribution in [-0.4, -0.2) is 51.2 Å². The Morgan fingerprint density at radius 2 is 2.11 bits per heavy atom. The Kier molecular flexibility index (Phi) is 5.50. The van der Waals surface area contributed by atoms with Crippen LogP contribution in [0, 0.1) is 6.92 Å². The molecule has 0 saturated heterocycles. The standard InChI is InChI=1S/C20H27N5O2S/c1-14-22-24(20(27)17-12-18-16(25(14)17)8-11-28-18)13-19(26)21-9-10-23(2)15-6-4-3-5-7-15/h8,11-12,15H,3-7,9-10,13H2,1-2H3,(H,21,26). The van der Waals surface area contributed by atoms with E-state index in [1.165, 1.54) is 36.8 Å². The minimum absolute atomic E-state index is 0.0534. The maximum Gasteiger partial charge on any atom is 0.291 e. The molecule has 0 aromatic carbocycles. The fraction of sp³-hybridized carbons (Fsp3) is 0.550. The van der Waals surface area contributed by atoms with Gasteiger partial charge in [-0.2, -0.15) is 5.10 Å². The molecule has 0 atom stereocenters. The topological polar surface area (TPSA) is 71.6 Å². The van der Waals surface area contributed by atoms with Gasteiger partial charge in [0, 0.05) is 19.1 Å². The zero-order valence-electron chi connectivity index (χ0n) is 16.5. The van der Waals surface area contributed by atoms with Crippen LogP contribution < -0.4 is 10.9 Å². The Labute approximate surface area is 167 Å². The van der Waals surface area contributed by atoms with Crippen molar-refractivity contribution in [2.45, 2.75) is 51.6 Å². The van der Waals surface area contributed by atoms with E-state index in [9.17, 15) is 9.59 Å². The predicted octanol–water partition coefficient (Wildman–Crippen LogP) is 2.40. The summed E-state index contributed by atoms with van der Waals surface area (Å²) in [4.78, 5) is 27.5. The number of carbonyl (C=O) groups is 1. The molecule has 0 unspecified atom stereocenters. The molecule has 4 rings (SSSR count). The highest BCUT2D eigenvalue weighted by Gasteiger charge is 2.18. The van der Waals surface area contributed by atoms with Crippen molar-refractivity contribution in [3.8, 4) is 0 Å². The summed E-state index contributed by atoms with van der Waals surface area (Å²) in [5.74, 6) is 0.525. The Morgan fingerprint density at radius 3 is 2.89 bits per heavy atom. The van der Waals surface area contributed by atoms with Crippen molar-refractivity contribution in [2.75, 3.05) is 20.1 Å². The van der Waals surface area contributed by atoms with Gasteiger partial charge in [0.2, 0.25) is 5.91 Å². The van der Waals surface area contributed by atoms with E-state index in [0.29, 0.717) is 23.9 Å². The molecule has 7 nitrogen and oxygen atoms in total. The minimum atomic E-state index is -0.233. The number of thiophene rings is 1. The Morgan fingerprint density at radius 1 is 1.32 bits per heavy atom. The summed E-state index contributed by atoms with van der Waals surface area (Å²) in [7, 11) is 2.13. The molecule has 1 N–H and O–H groups in total. The average molecular weight is 402 g/mol. The van der Waals surface area contributed by atoms with Gasteiger partial charge in [-0.1, -0.05) is 19.3 Å². The van der Waals surface area contributed by atoms with Crippen LogP contribution in [0.15, 0.2) is 22.3 Å². The van der Waals surface area contributed by atoms with Crippen LogP contribution in [-0.2, 0) is 11.3 Å².